The molecule has 3 aromatic carbocycles. The van der Waals surface area contributed by atoms with Gasteiger partial charge in [0.1, 0.15) is 17.3 Å². The zero-order valence-corrected chi connectivity index (χ0v) is 21.9. The predicted molar refractivity (Wildman–Crippen MR) is 143 cm³/mol. The molecule has 2 N–H and O–H groups in total. The van der Waals surface area contributed by atoms with Gasteiger partial charge < -0.3 is 20.0 Å². The Morgan fingerprint density at radius 1 is 0.795 bits per heavy atom. The SMILES string of the molecule is Cc1c(F)cccc1[C@H]1[C@@H](C(=O)c2cccc(O)c2)CN(C(=O)C2CN(C)C2)C[C@H]1C(=O)c1cccc(O)c1. The molecular weight excluding hydrogens is 499 g/mol. The van der Waals surface area contributed by atoms with Crippen LogP contribution < -0.4 is 0 Å². The molecule has 2 aliphatic rings. The van der Waals surface area contributed by atoms with Crippen molar-refractivity contribution < 1.29 is 29.0 Å². The number of rotatable bonds is 6. The van der Waals surface area contributed by atoms with E-state index in [0.29, 0.717) is 24.2 Å². The van der Waals surface area contributed by atoms with E-state index in [0.717, 1.165) is 0 Å². The first kappa shape index (κ1) is 26.6. The van der Waals surface area contributed by atoms with Crippen LogP contribution in [0.2, 0.25) is 0 Å². The summed E-state index contributed by atoms with van der Waals surface area (Å²) in [5.41, 5.74) is 1.37. The van der Waals surface area contributed by atoms with Crippen LogP contribution in [0, 0.1) is 30.5 Å². The number of amides is 1. The number of likely N-dealkylation sites (tertiary alicyclic amines) is 2. The summed E-state index contributed by atoms with van der Waals surface area (Å²) in [5.74, 6) is -4.09. The van der Waals surface area contributed by atoms with Gasteiger partial charge in [-0.2, -0.15) is 0 Å². The van der Waals surface area contributed by atoms with Crippen molar-refractivity contribution in [2.24, 2.45) is 17.8 Å². The Kier molecular flexibility index (Phi) is 7.23. The molecule has 2 aliphatic heterocycles. The second-order valence-electron chi connectivity index (χ2n) is 10.7. The van der Waals surface area contributed by atoms with Gasteiger partial charge in [-0.1, -0.05) is 36.4 Å². The van der Waals surface area contributed by atoms with Crippen molar-refractivity contribution in [2.75, 3.05) is 33.2 Å². The van der Waals surface area contributed by atoms with Crippen molar-refractivity contribution in [3.05, 3.63) is 94.8 Å². The lowest BCUT2D eigenvalue weighted by atomic mass is 9.67. The molecule has 3 aromatic rings. The molecule has 0 spiro atoms. The van der Waals surface area contributed by atoms with Crippen LogP contribution in [0.15, 0.2) is 66.7 Å². The van der Waals surface area contributed by atoms with Gasteiger partial charge in [-0.3, -0.25) is 14.4 Å². The number of piperidine rings is 1. The molecule has 39 heavy (non-hydrogen) atoms. The first-order chi connectivity index (χ1) is 18.6. The summed E-state index contributed by atoms with van der Waals surface area (Å²) in [6, 6.07) is 16.6. The molecule has 3 atom stereocenters. The standard InChI is InChI=1S/C31H31FN2O5/c1-18-24(10-5-11-27(18)32)28-25(29(37)19-6-3-8-22(35)12-19)16-34(31(39)21-14-33(2)15-21)17-26(28)30(38)20-7-4-9-23(36)13-20/h3-13,21,25-26,28,35-36H,14-17H2,1-2H3/t25-,26+,28-. The van der Waals surface area contributed by atoms with Crippen molar-refractivity contribution in [3.8, 4) is 11.5 Å². The number of Topliss-reactive ketones (excluding diaryl/α,β-unsaturated/α-hetero) is 2. The van der Waals surface area contributed by atoms with Crippen molar-refractivity contribution in [1.82, 2.24) is 9.80 Å². The number of hydrogen-bond acceptors (Lipinski definition) is 6. The Morgan fingerprint density at radius 3 is 1.79 bits per heavy atom. The minimum atomic E-state index is -0.867. The fraction of sp³-hybridized carbons (Fsp3) is 0.323. The third kappa shape index (κ3) is 5.16. The fourth-order valence-corrected chi connectivity index (χ4v) is 6.01. The molecule has 8 heteroatoms. The maximum Gasteiger partial charge on any atom is 0.228 e. The molecule has 0 aliphatic carbocycles. The number of carbonyl (C=O) groups excluding carboxylic acids is 3. The van der Waals surface area contributed by atoms with Gasteiger partial charge in [0.15, 0.2) is 11.6 Å². The normalized spacial score (nSPS) is 21.8. The summed E-state index contributed by atoms with van der Waals surface area (Å²) in [4.78, 5) is 45.3. The number of halogens is 1. The van der Waals surface area contributed by atoms with Crippen LogP contribution in [0.4, 0.5) is 4.39 Å². The van der Waals surface area contributed by atoms with Crippen molar-refractivity contribution in [1.29, 1.82) is 0 Å². The number of nitrogens with zero attached hydrogens (tertiary/aromatic N) is 2. The van der Waals surface area contributed by atoms with Gasteiger partial charge >= 0.3 is 0 Å². The highest BCUT2D eigenvalue weighted by atomic mass is 19.1. The molecule has 5 rings (SSSR count). The summed E-state index contributed by atoms with van der Waals surface area (Å²) in [7, 11) is 1.92. The summed E-state index contributed by atoms with van der Waals surface area (Å²) in [5, 5.41) is 20.1. The molecule has 2 saturated heterocycles. The van der Waals surface area contributed by atoms with E-state index >= 15 is 0 Å². The minimum absolute atomic E-state index is 0.0674. The number of benzene rings is 3. The van der Waals surface area contributed by atoms with Crippen LogP contribution in [0.25, 0.3) is 0 Å². The molecule has 2 fully saturated rings. The number of phenolic OH excluding ortho intramolecular Hbond substituents is 2. The quantitative estimate of drug-likeness (QED) is 0.467. The van der Waals surface area contributed by atoms with Crippen LogP contribution >= 0.6 is 0 Å². The van der Waals surface area contributed by atoms with Crippen molar-refractivity contribution in [2.45, 2.75) is 12.8 Å². The molecule has 0 aromatic heterocycles. The van der Waals surface area contributed by atoms with E-state index < -0.39 is 23.6 Å². The van der Waals surface area contributed by atoms with Crippen LogP contribution in [0.1, 0.15) is 37.8 Å². The Balaban J connectivity index is 1.64. The molecule has 7 nitrogen and oxygen atoms in total. The molecule has 1 amide bonds. The van der Waals surface area contributed by atoms with Crippen LogP contribution in [-0.2, 0) is 4.79 Å². The average Bonchev–Trinajstić information content (AvgIpc) is 2.91. The van der Waals surface area contributed by atoms with Gasteiger partial charge in [-0.15, -0.1) is 0 Å². The highest BCUT2D eigenvalue weighted by Gasteiger charge is 2.48. The van der Waals surface area contributed by atoms with Gasteiger partial charge in [0, 0.05) is 55.1 Å². The number of carbonyl (C=O) groups is 3. The van der Waals surface area contributed by atoms with Gasteiger partial charge in [-0.25, -0.2) is 4.39 Å². The smallest absolute Gasteiger partial charge is 0.228 e. The van der Waals surface area contributed by atoms with Crippen molar-refractivity contribution in [3.63, 3.8) is 0 Å². The van der Waals surface area contributed by atoms with Crippen LogP contribution in [-0.4, -0.2) is 70.7 Å². The Morgan fingerprint density at radius 2 is 1.31 bits per heavy atom. The highest BCUT2D eigenvalue weighted by molar-refractivity contribution is 6.03. The minimum Gasteiger partial charge on any atom is -0.508 e. The van der Waals surface area contributed by atoms with Gasteiger partial charge in [0.05, 0.1) is 5.92 Å². The van der Waals surface area contributed by atoms with E-state index in [1.54, 1.807) is 48.2 Å². The Hall–Kier alpha value is -4.04. The molecule has 0 saturated carbocycles. The third-order valence-electron chi connectivity index (χ3n) is 8.03. The summed E-state index contributed by atoms with van der Waals surface area (Å²) in [6.45, 7) is 2.95. The average molecular weight is 531 g/mol. The second kappa shape index (κ2) is 10.6. The zero-order chi connectivity index (χ0) is 27.8. The number of aromatic hydroxyl groups is 2. The lowest BCUT2D eigenvalue weighted by Crippen LogP contribution is -2.58. The van der Waals surface area contributed by atoms with E-state index in [9.17, 15) is 29.0 Å². The monoisotopic (exact) mass is 530 g/mol. The second-order valence-corrected chi connectivity index (χ2v) is 10.7. The van der Waals surface area contributed by atoms with Gasteiger partial charge in [0.25, 0.3) is 0 Å². The molecule has 202 valence electrons. The summed E-state index contributed by atoms with van der Waals surface area (Å²) in [6.07, 6.45) is 0. The maximum absolute atomic E-state index is 14.8. The number of ketones is 2. The molecule has 0 bridgehead atoms. The summed E-state index contributed by atoms with van der Waals surface area (Å²) < 4.78 is 14.8. The lowest BCUT2D eigenvalue weighted by Gasteiger charge is -2.46. The van der Waals surface area contributed by atoms with Crippen LogP contribution in [0.3, 0.4) is 0 Å². The van der Waals surface area contributed by atoms with E-state index in [2.05, 4.69) is 0 Å². The molecule has 0 radical (unpaired) electrons. The first-order valence-electron chi connectivity index (χ1n) is 13.0. The van der Waals surface area contributed by atoms with E-state index in [-0.39, 0.29) is 59.1 Å². The van der Waals surface area contributed by atoms with Crippen LogP contribution in [0.5, 0.6) is 11.5 Å². The fourth-order valence-electron chi connectivity index (χ4n) is 6.01. The molecular formula is C31H31FN2O5. The predicted octanol–water partition coefficient (Wildman–Crippen LogP) is 4.03. The van der Waals surface area contributed by atoms with Crippen molar-refractivity contribution >= 4 is 17.5 Å². The summed E-state index contributed by atoms with van der Waals surface area (Å²) >= 11 is 0. The molecule has 0 unspecified atom stereocenters. The number of hydrogen-bond donors (Lipinski definition) is 2. The Labute approximate surface area is 226 Å². The van der Waals surface area contributed by atoms with Gasteiger partial charge in [-0.05, 0) is 55.4 Å². The maximum atomic E-state index is 14.8. The topological polar surface area (TPSA) is 98.2 Å². The van der Waals surface area contributed by atoms with E-state index in [1.165, 1.54) is 30.3 Å². The largest absolute Gasteiger partial charge is 0.508 e. The Bertz CT molecular complexity index is 1370. The zero-order valence-electron chi connectivity index (χ0n) is 21.9. The van der Waals surface area contributed by atoms with E-state index in [4.69, 9.17) is 0 Å². The highest BCUT2D eigenvalue weighted by Crippen LogP contribution is 2.43. The van der Waals surface area contributed by atoms with E-state index in [1.807, 2.05) is 11.9 Å². The first-order valence-corrected chi connectivity index (χ1v) is 13.0. The third-order valence-corrected chi connectivity index (χ3v) is 8.03. The number of phenols is 2. The molecule has 2 heterocycles. The lowest BCUT2D eigenvalue weighted by molar-refractivity contribution is -0.143. The van der Waals surface area contributed by atoms with Gasteiger partial charge in [0.2, 0.25) is 5.91 Å².